The van der Waals surface area contributed by atoms with Crippen LogP contribution < -0.4 is 5.32 Å². The maximum atomic E-state index is 13.1. The molecule has 0 atom stereocenters. The number of sulfonamides is 1. The Morgan fingerprint density at radius 3 is 2.74 bits per heavy atom. The van der Waals surface area contributed by atoms with Gasteiger partial charge in [0.25, 0.3) is 0 Å². The van der Waals surface area contributed by atoms with Gasteiger partial charge < -0.3 is 5.32 Å². The number of carbonyl (C=O) groups is 1. The number of aromatic nitrogens is 2. The van der Waals surface area contributed by atoms with Gasteiger partial charge in [0.15, 0.2) is 4.34 Å². The van der Waals surface area contributed by atoms with Gasteiger partial charge in [0.05, 0.1) is 11.4 Å². The molecule has 0 spiro atoms. The number of para-hydroxylation sites is 1. The first-order valence-electron chi connectivity index (χ1n) is 8.74. The molecule has 0 aliphatic heterocycles. The van der Waals surface area contributed by atoms with E-state index in [2.05, 4.69) is 15.5 Å². The average molecular weight is 427 g/mol. The minimum atomic E-state index is -3.68. The third-order valence-electron chi connectivity index (χ3n) is 4.57. The molecule has 27 heavy (non-hydrogen) atoms. The van der Waals surface area contributed by atoms with Crippen molar-refractivity contribution in [3.63, 3.8) is 0 Å². The summed E-state index contributed by atoms with van der Waals surface area (Å²) in [6, 6.07) is 6.57. The molecule has 0 radical (unpaired) electrons. The van der Waals surface area contributed by atoms with E-state index in [1.54, 1.807) is 36.8 Å². The highest BCUT2D eigenvalue weighted by Crippen LogP contribution is 2.30. The fourth-order valence-corrected chi connectivity index (χ4v) is 5.98. The van der Waals surface area contributed by atoms with Crippen LogP contribution in [0, 0.1) is 0 Å². The number of benzene rings is 1. The summed E-state index contributed by atoms with van der Waals surface area (Å²) in [6.07, 6.45) is 5.01. The van der Waals surface area contributed by atoms with Crippen LogP contribution in [0.15, 0.2) is 39.0 Å². The van der Waals surface area contributed by atoms with Gasteiger partial charge in [0.2, 0.25) is 15.9 Å². The van der Waals surface area contributed by atoms with Crippen molar-refractivity contribution in [1.82, 2.24) is 14.5 Å². The lowest BCUT2D eigenvalue weighted by molar-refractivity contribution is -0.113. The summed E-state index contributed by atoms with van der Waals surface area (Å²) in [5.41, 5.74) is 1.91. The van der Waals surface area contributed by atoms with Gasteiger partial charge >= 0.3 is 0 Å². The zero-order chi connectivity index (χ0) is 19.3. The normalized spacial score (nSPS) is 15.8. The van der Waals surface area contributed by atoms with E-state index >= 15 is 0 Å². The Bertz CT molecular complexity index is 865. The zero-order valence-electron chi connectivity index (χ0n) is 15.0. The molecule has 1 aliphatic rings. The number of nitrogens with zero attached hydrogens (tertiary/aromatic N) is 3. The van der Waals surface area contributed by atoms with E-state index in [-0.39, 0.29) is 22.6 Å². The molecule has 1 amide bonds. The molecule has 1 N–H and O–H groups in total. The molecule has 0 saturated heterocycles. The van der Waals surface area contributed by atoms with Crippen molar-refractivity contribution in [2.45, 2.75) is 47.4 Å². The predicted molar refractivity (Wildman–Crippen MR) is 108 cm³/mol. The fraction of sp³-hybridized carbons (Fsp3) is 0.471. The van der Waals surface area contributed by atoms with Gasteiger partial charge in [-0.05, 0) is 25.0 Å². The maximum Gasteiger partial charge on any atom is 0.245 e. The highest BCUT2D eigenvalue weighted by molar-refractivity contribution is 8.01. The molecule has 1 aromatic carbocycles. The van der Waals surface area contributed by atoms with Gasteiger partial charge in [-0.1, -0.05) is 54.5 Å². The Morgan fingerprint density at radius 2 is 2.04 bits per heavy atom. The van der Waals surface area contributed by atoms with Crippen LogP contribution in [0.5, 0.6) is 0 Å². The Labute approximate surface area is 167 Å². The van der Waals surface area contributed by atoms with E-state index < -0.39 is 10.0 Å². The smallest absolute Gasteiger partial charge is 0.245 e. The SMILES string of the molecule is CN(C1CCCCC1)S(=O)(=O)c1ccccc1NC(=O)CSc1nncs1. The van der Waals surface area contributed by atoms with Crippen LogP contribution in [-0.4, -0.2) is 47.7 Å². The molecule has 146 valence electrons. The number of carbonyl (C=O) groups excluding carboxylic acids is 1. The third-order valence-corrected chi connectivity index (χ3v) is 8.40. The van der Waals surface area contributed by atoms with Gasteiger partial charge in [0.1, 0.15) is 10.4 Å². The lowest BCUT2D eigenvalue weighted by Crippen LogP contribution is -2.38. The first kappa shape index (κ1) is 20.2. The predicted octanol–water partition coefficient (Wildman–Crippen LogP) is 3.22. The quantitative estimate of drug-likeness (QED) is 0.684. The molecule has 1 heterocycles. The lowest BCUT2D eigenvalue weighted by atomic mass is 9.96. The monoisotopic (exact) mass is 426 g/mol. The Hall–Kier alpha value is -1.49. The van der Waals surface area contributed by atoms with Crippen LogP contribution in [0.2, 0.25) is 0 Å². The van der Waals surface area contributed by atoms with Crippen LogP contribution in [-0.2, 0) is 14.8 Å². The molecule has 1 fully saturated rings. The number of nitrogens with one attached hydrogen (secondary N) is 1. The van der Waals surface area contributed by atoms with Crippen molar-refractivity contribution >= 4 is 44.7 Å². The minimum Gasteiger partial charge on any atom is -0.324 e. The van der Waals surface area contributed by atoms with Gasteiger partial charge in [-0.25, -0.2) is 8.42 Å². The van der Waals surface area contributed by atoms with E-state index in [1.807, 2.05) is 0 Å². The summed E-state index contributed by atoms with van der Waals surface area (Å²) in [5, 5.41) is 10.3. The van der Waals surface area contributed by atoms with E-state index in [0.717, 1.165) is 32.1 Å². The molecular weight excluding hydrogens is 404 g/mol. The van der Waals surface area contributed by atoms with Crippen LogP contribution in [0.4, 0.5) is 5.69 Å². The Balaban J connectivity index is 1.73. The summed E-state index contributed by atoms with van der Waals surface area (Å²) in [7, 11) is -2.05. The molecule has 0 bridgehead atoms. The topological polar surface area (TPSA) is 92.3 Å². The van der Waals surface area contributed by atoms with Crippen molar-refractivity contribution < 1.29 is 13.2 Å². The Kier molecular flexibility index (Phi) is 6.85. The second kappa shape index (κ2) is 9.13. The van der Waals surface area contributed by atoms with Crippen molar-refractivity contribution in [3.8, 4) is 0 Å². The molecular formula is C17H22N4O3S3. The molecule has 1 aliphatic carbocycles. The standard InChI is InChI=1S/C17H22N4O3S3/c1-21(13-7-3-2-4-8-13)27(23,24)15-10-6-5-9-14(15)19-16(22)11-25-17-20-18-12-26-17/h5-6,9-10,12-13H,2-4,7-8,11H2,1H3,(H,19,22). The van der Waals surface area contributed by atoms with Gasteiger partial charge in [-0.3, -0.25) is 4.79 Å². The van der Waals surface area contributed by atoms with Crippen LogP contribution in [0.1, 0.15) is 32.1 Å². The average Bonchev–Trinajstić information content (AvgIpc) is 3.20. The zero-order valence-corrected chi connectivity index (χ0v) is 17.4. The number of hydrogen-bond donors (Lipinski definition) is 1. The maximum absolute atomic E-state index is 13.1. The number of rotatable bonds is 7. The third kappa shape index (κ3) is 5.07. The van der Waals surface area contributed by atoms with Gasteiger partial charge in [-0.2, -0.15) is 4.31 Å². The van der Waals surface area contributed by atoms with Crippen molar-refractivity contribution in [3.05, 3.63) is 29.8 Å². The van der Waals surface area contributed by atoms with E-state index in [1.165, 1.54) is 27.4 Å². The molecule has 2 aromatic rings. The number of thioether (sulfide) groups is 1. The second-order valence-electron chi connectivity index (χ2n) is 6.35. The van der Waals surface area contributed by atoms with Crippen LogP contribution in [0.25, 0.3) is 0 Å². The minimum absolute atomic E-state index is 0.0143. The van der Waals surface area contributed by atoms with E-state index in [4.69, 9.17) is 0 Å². The molecule has 7 nitrogen and oxygen atoms in total. The molecule has 10 heteroatoms. The van der Waals surface area contributed by atoms with Crippen LogP contribution >= 0.6 is 23.1 Å². The summed E-state index contributed by atoms with van der Waals surface area (Å²) >= 11 is 2.63. The fourth-order valence-electron chi connectivity index (χ4n) is 3.13. The summed E-state index contributed by atoms with van der Waals surface area (Å²) in [6.45, 7) is 0. The van der Waals surface area contributed by atoms with Crippen LogP contribution in [0.3, 0.4) is 0 Å². The molecule has 1 aromatic heterocycles. The first-order chi connectivity index (χ1) is 13.0. The number of amides is 1. The lowest BCUT2D eigenvalue weighted by Gasteiger charge is -2.30. The molecule has 0 unspecified atom stereocenters. The first-order valence-corrected chi connectivity index (χ1v) is 12.0. The van der Waals surface area contributed by atoms with Crippen molar-refractivity contribution in [2.75, 3.05) is 18.1 Å². The molecule has 3 rings (SSSR count). The highest BCUT2D eigenvalue weighted by Gasteiger charge is 2.30. The number of anilines is 1. The van der Waals surface area contributed by atoms with Gasteiger partial charge in [-0.15, -0.1) is 10.2 Å². The number of hydrogen-bond acceptors (Lipinski definition) is 7. The van der Waals surface area contributed by atoms with E-state index in [0.29, 0.717) is 10.0 Å². The second-order valence-corrected chi connectivity index (χ2v) is 10.4. The largest absolute Gasteiger partial charge is 0.324 e. The summed E-state index contributed by atoms with van der Waals surface area (Å²) < 4.78 is 28.4. The molecule has 1 saturated carbocycles. The highest BCUT2D eigenvalue weighted by atomic mass is 32.2. The van der Waals surface area contributed by atoms with Crippen molar-refractivity contribution in [2.24, 2.45) is 0 Å². The summed E-state index contributed by atoms with van der Waals surface area (Å²) in [5.74, 6) is -0.139. The van der Waals surface area contributed by atoms with Gasteiger partial charge in [0, 0.05) is 13.1 Å². The summed E-state index contributed by atoms with van der Waals surface area (Å²) in [4.78, 5) is 12.4. The van der Waals surface area contributed by atoms with Crippen molar-refractivity contribution in [1.29, 1.82) is 0 Å². The van der Waals surface area contributed by atoms with E-state index in [9.17, 15) is 13.2 Å². The Morgan fingerprint density at radius 1 is 1.30 bits per heavy atom.